The van der Waals surface area contributed by atoms with Crippen LogP contribution in [0.2, 0.25) is 0 Å². The molecule has 0 aliphatic heterocycles. The molecule has 7 aromatic carbocycles. The Balaban J connectivity index is 1.24. The molecule has 2 aliphatic carbocycles. The maximum Gasteiger partial charge on any atom is 0.143 e. The van der Waals surface area contributed by atoms with Crippen LogP contribution in [-0.2, 0) is 12.8 Å². The van der Waals surface area contributed by atoms with E-state index in [2.05, 4.69) is 169 Å². The molecule has 2 aliphatic rings. The first kappa shape index (κ1) is 28.9. The van der Waals surface area contributed by atoms with E-state index in [0.717, 1.165) is 58.6 Å². The maximum atomic E-state index is 6.91. The molecule has 0 atom stereocenters. The van der Waals surface area contributed by atoms with Gasteiger partial charge in [-0.25, -0.2) is 0 Å². The van der Waals surface area contributed by atoms with Gasteiger partial charge in [0, 0.05) is 44.4 Å². The third kappa shape index (κ3) is 4.64. The van der Waals surface area contributed by atoms with E-state index in [1.807, 2.05) is 0 Å². The van der Waals surface area contributed by atoms with Crippen molar-refractivity contribution in [1.82, 2.24) is 0 Å². The van der Waals surface area contributed by atoms with Gasteiger partial charge in [0.1, 0.15) is 11.2 Å². The number of hydrogen-bond donors (Lipinski definition) is 0. The average Bonchev–Trinajstić information content (AvgIpc) is 3.58. The molecule has 0 N–H and O–H groups in total. The molecule has 0 radical (unpaired) electrons. The van der Waals surface area contributed by atoms with Gasteiger partial charge in [0.05, 0.1) is 0 Å². The predicted octanol–water partition coefficient (Wildman–Crippen LogP) is 13.1. The Hall–Kier alpha value is -6.12. The molecule has 1 heterocycles. The van der Waals surface area contributed by atoms with Crippen LogP contribution < -0.4 is 4.90 Å². The van der Waals surface area contributed by atoms with Crippen molar-refractivity contribution < 1.29 is 4.42 Å². The third-order valence-corrected chi connectivity index (χ3v) is 10.6. The minimum Gasteiger partial charge on any atom is -0.455 e. The molecule has 0 unspecified atom stereocenters. The van der Waals surface area contributed by atoms with Crippen molar-refractivity contribution in [2.24, 2.45) is 0 Å². The van der Waals surface area contributed by atoms with Gasteiger partial charge in [-0.3, -0.25) is 0 Å². The zero-order valence-corrected chi connectivity index (χ0v) is 27.8. The number of benzene rings is 7. The summed E-state index contributed by atoms with van der Waals surface area (Å²) < 4.78 is 6.91. The van der Waals surface area contributed by atoms with Gasteiger partial charge in [-0.15, -0.1) is 0 Å². The fourth-order valence-electron chi connectivity index (χ4n) is 8.32. The van der Waals surface area contributed by atoms with E-state index in [1.165, 1.54) is 61.4 Å². The molecule has 50 heavy (non-hydrogen) atoms. The number of para-hydroxylation sites is 1. The summed E-state index contributed by atoms with van der Waals surface area (Å²) in [6, 6.07) is 55.2. The second-order valence-electron chi connectivity index (χ2n) is 13.5. The minimum absolute atomic E-state index is 0.918. The van der Waals surface area contributed by atoms with Gasteiger partial charge in [-0.2, -0.15) is 0 Å². The average molecular weight is 642 g/mol. The summed E-state index contributed by atoms with van der Waals surface area (Å²) in [4.78, 5) is 2.56. The molecule has 0 saturated carbocycles. The molecule has 0 spiro atoms. The lowest BCUT2D eigenvalue weighted by molar-refractivity contribution is 0.671. The Morgan fingerprint density at radius 2 is 1.24 bits per heavy atom. The van der Waals surface area contributed by atoms with E-state index in [4.69, 9.17) is 4.42 Å². The Kier molecular flexibility index (Phi) is 6.80. The molecule has 238 valence electrons. The highest BCUT2D eigenvalue weighted by molar-refractivity contribution is 6.16. The summed E-state index contributed by atoms with van der Waals surface area (Å²) in [5.74, 6) is 0. The topological polar surface area (TPSA) is 16.4 Å². The number of fused-ring (bicyclic) bond motifs is 8. The highest BCUT2D eigenvalue weighted by Gasteiger charge is 2.27. The van der Waals surface area contributed by atoms with E-state index in [9.17, 15) is 0 Å². The lowest BCUT2D eigenvalue weighted by Crippen LogP contribution is -2.22. The van der Waals surface area contributed by atoms with E-state index >= 15 is 0 Å². The van der Waals surface area contributed by atoms with Crippen LogP contribution in [0.15, 0.2) is 174 Å². The number of hydrogen-bond acceptors (Lipinski definition) is 2. The van der Waals surface area contributed by atoms with Crippen molar-refractivity contribution in [1.29, 1.82) is 0 Å². The molecular formula is C48H35NO. The molecule has 1 aromatic heterocycles. The summed E-state index contributed by atoms with van der Waals surface area (Å²) in [5.41, 5.74) is 15.9. The fraction of sp³-hybridized carbons (Fsp3) is 0.0833. The smallest absolute Gasteiger partial charge is 0.143 e. The standard InChI is InChI=1S/C48H35NO/c1-2-13-32(14-3-1)35-17-10-18-36(31-35)49(46-26-12-22-39-37-19-6-4-15-33(37)27-29-41(39)46)45-25-9-8-21-40(45)42-23-11-24-43-44-30-28-34-16-5-7-20-38(34)47(44)50-48(42)43/h1-8,10-24,26,28,30-31H,9,25,27,29H2. The monoisotopic (exact) mass is 641 g/mol. The van der Waals surface area contributed by atoms with Crippen LogP contribution in [0.25, 0.3) is 60.5 Å². The first-order chi connectivity index (χ1) is 24.8. The largest absolute Gasteiger partial charge is 0.455 e. The number of furan rings is 1. The van der Waals surface area contributed by atoms with Crippen LogP contribution in [-0.4, -0.2) is 0 Å². The normalized spacial score (nSPS) is 13.9. The number of anilines is 2. The Labute approximate surface area is 292 Å². The van der Waals surface area contributed by atoms with Crippen LogP contribution in [0.1, 0.15) is 29.5 Å². The van der Waals surface area contributed by atoms with Crippen molar-refractivity contribution in [2.75, 3.05) is 4.90 Å². The number of nitrogens with zero attached hydrogens (tertiary/aromatic N) is 1. The molecule has 0 amide bonds. The Morgan fingerprint density at radius 3 is 2.20 bits per heavy atom. The molecule has 8 aromatic rings. The molecule has 2 nitrogen and oxygen atoms in total. The van der Waals surface area contributed by atoms with Gasteiger partial charge < -0.3 is 9.32 Å². The summed E-state index contributed by atoms with van der Waals surface area (Å²) in [5, 5.41) is 4.65. The highest BCUT2D eigenvalue weighted by atomic mass is 16.3. The van der Waals surface area contributed by atoms with Crippen LogP contribution in [0.3, 0.4) is 0 Å². The fourth-order valence-corrected chi connectivity index (χ4v) is 8.32. The van der Waals surface area contributed by atoms with E-state index < -0.39 is 0 Å². The van der Waals surface area contributed by atoms with Gasteiger partial charge in [0.2, 0.25) is 0 Å². The SMILES string of the molecule is C1=CC(c2cccc3c2oc2c4ccccc4ccc32)=C(N(c2cccc(-c3ccccc3)c2)c2cccc3c2CCc2ccccc2-3)CC1. The molecular weight excluding hydrogens is 607 g/mol. The molecule has 10 rings (SSSR count). The molecule has 0 bridgehead atoms. The highest BCUT2D eigenvalue weighted by Crippen LogP contribution is 2.47. The van der Waals surface area contributed by atoms with Gasteiger partial charge in [-0.1, -0.05) is 140 Å². The van der Waals surface area contributed by atoms with Crippen LogP contribution in [0.4, 0.5) is 11.4 Å². The van der Waals surface area contributed by atoms with Crippen molar-refractivity contribution >= 4 is 49.7 Å². The Morgan fingerprint density at radius 1 is 0.500 bits per heavy atom. The van der Waals surface area contributed by atoms with Gasteiger partial charge in [0.15, 0.2) is 0 Å². The second-order valence-corrected chi connectivity index (χ2v) is 13.5. The predicted molar refractivity (Wildman–Crippen MR) is 210 cm³/mol. The van der Waals surface area contributed by atoms with Crippen molar-refractivity contribution in [3.05, 3.63) is 186 Å². The summed E-state index contributed by atoms with van der Waals surface area (Å²) in [7, 11) is 0. The van der Waals surface area contributed by atoms with Crippen LogP contribution in [0.5, 0.6) is 0 Å². The van der Waals surface area contributed by atoms with Crippen molar-refractivity contribution in [3.63, 3.8) is 0 Å². The second kappa shape index (κ2) is 11.8. The zero-order valence-electron chi connectivity index (χ0n) is 27.8. The summed E-state index contributed by atoms with van der Waals surface area (Å²) in [6.45, 7) is 0. The van der Waals surface area contributed by atoms with Gasteiger partial charge in [-0.05, 0) is 88.7 Å². The zero-order chi connectivity index (χ0) is 33.0. The minimum atomic E-state index is 0.918. The van der Waals surface area contributed by atoms with E-state index in [0.29, 0.717) is 0 Å². The first-order valence-corrected chi connectivity index (χ1v) is 17.7. The number of aryl methyl sites for hydroxylation is 1. The quantitative estimate of drug-likeness (QED) is 0.186. The third-order valence-electron chi connectivity index (χ3n) is 10.6. The number of rotatable bonds is 5. The first-order valence-electron chi connectivity index (χ1n) is 17.7. The molecule has 2 heteroatoms. The van der Waals surface area contributed by atoms with Crippen molar-refractivity contribution in [3.8, 4) is 22.3 Å². The van der Waals surface area contributed by atoms with E-state index in [-0.39, 0.29) is 0 Å². The van der Waals surface area contributed by atoms with Gasteiger partial charge in [0.25, 0.3) is 0 Å². The van der Waals surface area contributed by atoms with Gasteiger partial charge >= 0.3 is 0 Å². The maximum absolute atomic E-state index is 6.91. The van der Waals surface area contributed by atoms with E-state index in [1.54, 1.807) is 0 Å². The van der Waals surface area contributed by atoms with Crippen LogP contribution >= 0.6 is 0 Å². The lowest BCUT2D eigenvalue weighted by atomic mass is 9.84. The summed E-state index contributed by atoms with van der Waals surface area (Å²) in [6.07, 6.45) is 8.59. The Bertz CT molecular complexity index is 2660. The molecule has 0 saturated heterocycles. The van der Waals surface area contributed by atoms with Crippen molar-refractivity contribution in [2.45, 2.75) is 25.7 Å². The number of allylic oxidation sites excluding steroid dienone is 4. The van der Waals surface area contributed by atoms with Crippen LogP contribution in [0, 0.1) is 0 Å². The molecule has 0 fully saturated rings. The lowest BCUT2D eigenvalue weighted by Gasteiger charge is -2.35. The summed E-state index contributed by atoms with van der Waals surface area (Å²) >= 11 is 0.